The maximum absolute atomic E-state index is 11.8. The monoisotopic (exact) mass is 235 g/mol. The molecule has 0 aliphatic carbocycles. The lowest BCUT2D eigenvalue weighted by Crippen LogP contribution is -2.29. The molecule has 0 atom stereocenters. The highest BCUT2D eigenvalue weighted by atomic mass is 16.2. The van der Waals surface area contributed by atoms with Crippen LogP contribution in [0.3, 0.4) is 0 Å². The fourth-order valence-corrected chi connectivity index (χ4v) is 1.45. The predicted molar refractivity (Wildman–Crippen MR) is 66.6 cm³/mol. The first-order chi connectivity index (χ1) is 8.04. The molecule has 17 heavy (non-hydrogen) atoms. The van der Waals surface area contributed by atoms with Crippen molar-refractivity contribution in [2.45, 2.75) is 13.3 Å². The SMILES string of the molecule is CNC(=O)CCNC(=O)c1ccc(N)cc1C. The van der Waals surface area contributed by atoms with Crippen molar-refractivity contribution >= 4 is 17.5 Å². The van der Waals surface area contributed by atoms with E-state index < -0.39 is 0 Å². The highest BCUT2D eigenvalue weighted by Gasteiger charge is 2.08. The summed E-state index contributed by atoms with van der Waals surface area (Å²) in [6, 6.07) is 5.11. The average molecular weight is 235 g/mol. The van der Waals surface area contributed by atoms with Crippen molar-refractivity contribution in [1.29, 1.82) is 0 Å². The average Bonchev–Trinajstić information content (AvgIpc) is 2.28. The topological polar surface area (TPSA) is 84.2 Å². The van der Waals surface area contributed by atoms with Gasteiger partial charge in [0.05, 0.1) is 0 Å². The van der Waals surface area contributed by atoms with Crippen LogP contribution in [0.4, 0.5) is 5.69 Å². The van der Waals surface area contributed by atoms with Gasteiger partial charge >= 0.3 is 0 Å². The summed E-state index contributed by atoms with van der Waals surface area (Å²) >= 11 is 0. The van der Waals surface area contributed by atoms with Crippen LogP contribution in [0.25, 0.3) is 0 Å². The summed E-state index contributed by atoms with van der Waals surface area (Å²) in [7, 11) is 1.56. The minimum Gasteiger partial charge on any atom is -0.399 e. The van der Waals surface area contributed by atoms with Crippen molar-refractivity contribution in [3.05, 3.63) is 29.3 Å². The van der Waals surface area contributed by atoms with Crippen LogP contribution in [0.15, 0.2) is 18.2 Å². The molecule has 0 bridgehead atoms. The number of nitrogens with two attached hydrogens (primary N) is 1. The third kappa shape index (κ3) is 3.79. The molecule has 0 radical (unpaired) electrons. The van der Waals surface area contributed by atoms with Gasteiger partial charge in [0.15, 0.2) is 0 Å². The van der Waals surface area contributed by atoms with Crippen LogP contribution >= 0.6 is 0 Å². The molecular formula is C12H17N3O2. The fraction of sp³-hybridized carbons (Fsp3) is 0.333. The maximum atomic E-state index is 11.8. The molecule has 0 aliphatic rings. The molecule has 5 heteroatoms. The summed E-state index contributed by atoms with van der Waals surface area (Å²) in [6.45, 7) is 2.15. The van der Waals surface area contributed by atoms with Crippen LogP contribution in [0.1, 0.15) is 22.3 Å². The number of rotatable bonds is 4. The zero-order chi connectivity index (χ0) is 12.8. The van der Waals surface area contributed by atoms with Crippen molar-refractivity contribution in [2.75, 3.05) is 19.3 Å². The summed E-state index contributed by atoms with van der Waals surface area (Å²) in [5.41, 5.74) is 7.63. The highest BCUT2D eigenvalue weighted by Crippen LogP contribution is 2.12. The molecule has 0 unspecified atom stereocenters. The van der Waals surface area contributed by atoms with Gasteiger partial charge in [-0.3, -0.25) is 9.59 Å². The summed E-state index contributed by atoms with van der Waals surface area (Å²) in [4.78, 5) is 22.7. The molecule has 0 saturated carbocycles. The molecule has 5 nitrogen and oxygen atoms in total. The van der Waals surface area contributed by atoms with E-state index in [1.54, 1.807) is 25.2 Å². The molecule has 1 aromatic rings. The largest absolute Gasteiger partial charge is 0.399 e. The Kier molecular flexibility index (Phi) is 4.51. The Balaban J connectivity index is 2.55. The van der Waals surface area contributed by atoms with Crippen LogP contribution in [0.5, 0.6) is 0 Å². The number of carbonyl (C=O) groups is 2. The third-order valence-electron chi connectivity index (χ3n) is 2.41. The molecule has 0 spiro atoms. The minimum atomic E-state index is -0.189. The second-order valence-corrected chi connectivity index (χ2v) is 3.75. The predicted octanol–water partition coefficient (Wildman–Crippen LogP) is 0.443. The van der Waals surface area contributed by atoms with Crippen molar-refractivity contribution in [1.82, 2.24) is 10.6 Å². The first-order valence-electron chi connectivity index (χ1n) is 5.39. The number of nitrogens with one attached hydrogen (secondary N) is 2. The van der Waals surface area contributed by atoms with E-state index in [9.17, 15) is 9.59 Å². The third-order valence-corrected chi connectivity index (χ3v) is 2.41. The summed E-state index contributed by atoms with van der Waals surface area (Å²) in [6.07, 6.45) is 0.274. The van der Waals surface area contributed by atoms with E-state index in [0.29, 0.717) is 17.8 Å². The number of hydrogen-bond donors (Lipinski definition) is 3. The molecular weight excluding hydrogens is 218 g/mol. The van der Waals surface area contributed by atoms with Gasteiger partial charge in [-0.1, -0.05) is 0 Å². The molecule has 4 N–H and O–H groups in total. The summed E-state index contributed by atoms with van der Waals surface area (Å²) in [5.74, 6) is -0.286. The number of anilines is 1. The Morgan fingerprint density at radius 2 is 2.06 bits per heavy atom. The Bertz CT molecular complexity index is 430. The van der Waals surface area contributed by atoms with E-state index >= 15 is 0 Å². The zero-order valence-corrected chi connectivity index (χ0v) is 10.0. The highest BCUT2D eigenvalue weighted by molar-refractivity contribution is 5.96. The van der Waals surface area contributed by atoms with Gasteiger partial charge in [-0.15, -0.1) is 0 Å². The molecule has 2 amide bonds. The second-order valence-electron chi connectivity index (χ2n) is 3.75. The van der Waals surface area contributed by atoms with E-state index in [4.69, 9.17) is 5.73 Å². The lowest BCUT2D eigenvalue weighted by atomic mass is 10.1. The molecule has 0 aromatic heterocycles. The standard InChI is InChI=1S/C12H17N3O2/c1-8-7-9(13)3-4-10(8)12(17)15-6-5-11(16)14-2/h3-4,7H,5-6,13H2,1-2H3,(H,14,16)(H,15,17). The number of carbonyl (C=O) groups excluding carboxylic acids is 2. The number of hydrogen-bond acceptors (Lipinski definition) is 3. The first-order valence-corrected chi connectivity index (χ1v) is 5.39. The fourth-order valence-electron chi connectivity index (χ4n) is 1.45. The lowest BCUT2D eigenvalue weighted by molar-refractivity contribution is -0.120. The van der Waals surface area contributed by atoms with Crippen LogP contribution in [0, 0.1) is 6.92 Å². The van der Waals surface area contributed by atoms with Gasteiger partial charge in [0.2, 0.25) is 5.91 Å². The van der Waals surface area contributed by atoms with E-state index in [1.165, 1.54) is 0 Å². The maximum Gasteiger partial charge on any atom is 0.251 e. The molecule has 0 aliphatic heterocycles. The molecule has 0 saturated heterocycles. The van der Waals surface area contributed by atoms with E-state index in [2.05, 4.69) is 10.6 Å². The molecule has 1 rings (SSSR count). The van der Waals surface area contributed by atoms with Gasteiger partial charge < -0.3 is 16.4 Å². The van der Waals surface area contributed by atoms with Gasteiger partial charge in [0, 0.05) is 31.3 Å². The Labute approximate surface area is 100 Å². The van der Waals surface area contributed by atoms with E-state index in [0.717, 1.165) is 5.56 Å². The van der Waals surface area contributed by atoms with Crippen LogP contribution in [0.2, 0.25) is 0 Å². The van der Waals surface area contributed by atoms with Crippen LogP contribution < -0.4 is 16.4 Å². The minimum absolute atomic E-state index is 0.0978. The van der Waals surface area contributed by atoms with Crippen LogP contribution in [-0.4, -0.2) is 25.4 Å². The van der Waals surface area contributed by atoms with Crippen molar-refractivity contribution in [3.63, 3.8) is 0 Å². The summed E-state index contributed by atoms with van der Waals surface area (Å²) in [5, 5.41) is 5.17. The summed E-state index contributed by atoms with van der Waals surface area (Å²) < 4.78 is 0. The van der Waals surface area contributed by atoms with Gasteiger partial charge in [0.25, 0.3) is 5.91 Å². The van der Waals surface area contributed by atoms with E-state index in [1.807, 2.05) is 6.92 Å². The lowest BCUT2D eigenvalue weighted by Gasteiger charge is -2.07. The normalized spacial score (nSPS) is 9.76. The first kappa shape index (κ1) is 13.0. The number of amides is 2. The van der Waals surface area contributed by atoms with E-state index in [-0.39, 0.29) is 18.2 Å². The van der Waals surface area contributed by atoms with Crippen molar-refractivity contribution in [3.8, 4) is 0 Å². The second kappa shape index (κ2) is 5.89. The Hall–Kier alpha value is -2.04. The van der Waals surface area contributed by atoms with Crippen LogP contribution in [-0.2, 0) is 4.79 Å². The molecule has 0 fully saturated rings. The van der Waals surface area contributed by atoms with Gasteiger partial charge in [-0.25, -0.2) is 0 Å². The van der Waals surface area contributed by atoms with Gasteiger partial charge in [-0.05, 0) is 30.7 Å². The molecule has 1 aromatic carbocycles. The number of nitrogen functional groups attached to an aromatic ring is 1. The molecule has 0 heterocycles. The Morgan fingerprint density at radius 3 is 2.65 bits per heavy atom. The smallest absolute Gasteiger partial charge is 0.251 e. The molecule has 92 valence electrons. The Morgan fingerprint density at radius 1 is 1.35 bits per heavy atom. The van der Waals surface area contributed by atoms with Crippen molar-refractivity contribution < 1.29 is 9.59 Å². The number of benzene rings is 1. The van der Waals surface area contributed by atoms with Crippen molar-refractivity contribution in [2.24, 2.45) is 0 Å². The van der Waals surface area contributed by atoms with Gasteiger partial charge in [-0.2, -0.15) is 0 Å². The number of aryl methyl sites for hydroxylation is 1. The quantitative estimate of drug-likeness (QED) is 0.662. The zero-order valence-electron chi connectivity index (χ0n) is 10.0. The van der Waals surface area contributed by atoms with Gasteiger partial charge in [0.1, 0.15) is 0 Å².